The number of benzene rings is 1. The zero-order valence-electron chi connectivity index (χ0n) is 10.9. The number of ether oxygens (including phenoxy) is 1. The zero-order valence-corrected chi connectivity index (χ0v) is 12.5. The number of halogens is 1. The van der Waals surface area contributed by atoms with Crippen molar-refractivity contribution in [2.24, 2.45) is 0 Å². The summed E-state index contributed by atoms with van der Waals surface area (Å²) in [6.45, 7) is 8.11. The van der Waals surface area contributed by atoms with Gasteiger partial charge in [-0.2, -0.15) is 0 Å². The van der Waals surface area contributed by atoms with Gasteiger partial charge in [-0.25, -0.2) is 0 Å². The van der Waals surface area contributed by atoms with Crippen molar-refractivity contribution in [2.45, 2.75) is 39.7 Å². The number of hydrogen-bond acceptors (Lipinski definition) is 2. The molecule has 3 heteroatoms. The third kappa shape index (κ3) is 5.09. The summed E-state index contributed by atoms with van der Waals surface area (Å²) >= 11 is 3.48. The van der Waals surface area contributed by atoms with Gasteiger partial charge in [-0.05, 0) is 43.5 Å². The molecule has 0 heterocycles. The van der Waals surface area contributed by atoms with Gasteiger partial charge in [-0.15, -0.1) is 0 Å². The minimum atomic E-state index is 0.616. The first-order valence-electron chi connectivity index (χ1n) is 6.29. The molecule has 1 aromatic rings. The standard InChI is InChI=1S/C14H22BrNO/c1-4-12(5-2)16-8-9-17-13-6-7-14(15)11(3)10-13/h6-7,10,12,16H,4-5,8-9H2,1-3H3. The Morgan fingerprint density at radius 2 is 2.00 bits per heavy atom. The molecule has 0 saturated heterocycles. The molecule has 0 amide bonds. The van der Waals surface area contributed by atoms with Gasteiger partial charge >= 0.3 is 0 Å². The van der Waals surface area contributed by atoms with Crippen LogP contribution in [0.3, 0.4) is 0 Å². The van der Waals surface area contributed by atoms with Gasteiger partial charge in [-0.1, -0.05) is 29.8 Å². The van der Waals surface area contributed by atoms with Gasteiger partial charge in [0.15, 0.2) is 0 Å². The number of hydrogen-bond donors (Lipinski definition) is 1. The Bertz CT molecular complexity index is 337. The Kier molecular flexibility index (Phi) is 6.60. The van der Waals surface area contributed by atoms with Gasteiger partial charge < -0.3 is 10.1 Å². The lowest BCUT2D eigenvalue weighted by atomic mass is 10.2. The first-order valence-corrected chi connectivity index (χ1v) is 7.09. The highest BCUT2D eigenvalue weighted by Gasteiger charge is 2.02. The number of nitrogens with one attached hydrogen (secondary N) is 1. The van der Waals surface area contributed by atoms with E-state index in [1.807, 2.05) is 12.1 Å². The molecule has 0 aliphatic carbocycles. The van der Waals surface area contributed by atoms with Crippen LogP contribution in [0.25, 0.3) is 0 Å². The van der Waals surface area contributed by atoms with E-state index in [0.717, 1.165) is 23.4 Å². The van der Waals surface area contributed by atoms with Crippen LogP contribution < -0.4 is 10.1 Å². The van der Waals surface area contributed by atoms with E-state index in [4.69, 9.17) is 4.74 Å². The Balaban J connectivity index is 2.28. The van der Waals surface area contributed by atoms with Crippen molar-refractivity contribution in [3.63, 3.8) is 0 Å². The molecule has 0 fully saturated rings. The highest BCUT2D eigenvalue weighted by molar-refractivity contribution is 9.10. The summed E-state index contributed by atoms with van der Waals surface area (Å²) in [5.41, 5.74) is 1.20. The minimum absolute atomic E-state index is 0.616. The predicted octanol–water partition coefficient (Wildman–Crippen LogP) is 3.91. The van der Waals surface area contributed by atoms with Crippen LogP contribution in [0.4, 0.5) is 0 Å². The average molecular weight is 300 g/mol. The third-order valence-corrected chi connectivity index (χ3v) is 3.81. The summed E-state index contributed by atoms with van der Waals surface area (Å²) in [7, 11) is 0. The van der Waals surface area contributed by atoms with Crippen LogP contribution in [-0.2, 0) is 0 Å². The molecule has 0 spiro atoms. The van der Waals surface area contributed by atoms with Crippen molar-refractivity contribution in [3.8, 4) is 5.75 Å². The lowest BCUT2D eigenvalue weighted by Gasteiger charge is -2.15. The second-order valence-corrected chi connectivity index (χ2v) is 5.08. The van der Waals surface area contributed by atoms with E-state index >= 15 is 0 Å². The van der Waals surface area contributed by atoms with E-state index < -0.39 is 0 Å². The van der Waals surface area contributed by atoms with Crippen LogP contribution >= 0.6 is 15.9 Å². The van der Waals surface area contributed by atoms with Crippen molar-refractivity contribution in [1.29, 1.82) is 0 Å². The van der Waals surface area contributed by atoms with E-state index in [-0.39, 0.29) is 0 Å². The van der Waals surface area contributed by atoms with Crippen LogP contribution in [-0.4, -0.2) is 19.2 Å². The lowest BCUT2D eigenvalue weighted by Crippen LogP contribution is -2.31. The molecule has 0 saturated carbocycles. The van der Waals surface area contributed by atoms with Gasteiger partial charge in [0, 0.05) is 17.1 Å². The maximum Gasteiger partial charge on any atom is 0.119 e. The molecule has 0 bridgehead atoms. The van der Waals surface area contributed by atoms with Crippen molar-refractivity contribution < 1.29 is 4.74 Å². The van der Waals surface area contributed by atoms with E-state index in [9.17, 15) is 0 Å². The number of aryl methyl sites for hydroxylation is 1. The molecule has 1 aromatic carbocycles. The van der Waals surface area contributed by atoms with Crippen molar-refractivity contribution in [2.75, 3.05) is 13.2 Å². The summed E-state index contributed by atoms with van der Waals surface area (Å²) in [5, 5.41) is 3.48. The largest absolute Gasteiger partial charge is 0.492 e. The monoisotopic (exact) mass is 299 g/mol. The van der Waals surface area contributed by atoms with Gasteiger partial charge in [0.05, 0.1) is 0 Å². The maximum atomic E-state index is 5.70. The first-order chi connectivity index (χ1) is 8.17. The van der Waals surface area contributed by atoms with Gasteiger partial charge in [0.2, 0.25) is 0 Å². The second-order valence-electron chi connectivity index (χ2n) is 4.23. The van der Waals surface area contributed by atoms with Gasteiger partial charge in [0.25, 0.3) is 0 Å². The summed E-state index contributed by atoms with van der Waals surface area (Å²) in [6.07, 6.45) is 2.35. The van der Waals surface area contributed by atoms with Crippen molar-refractivity contribution in [1.82, 2.24) is 5.32 Å². The first kappa shape index (κ1) is 14.5. The van der Waals surface area contributed by atoms with E-state index in [1.165, 1.54) is 18.4 Å². The lowest BCUT2D eigenvalue weighted by molar-refractivity contribution is 0.302. The topological polar surface area (TPSA) is 21.3 Å². The van der Waals surface area contributed by atoms with Gasteiger partial charge in [0.1, 0.15) is 12.4 Å². The summed E-state index contributed by atoms with van der Waals surface area (Å²) in [4.78, 5) is 0. The summed E-state index contributed by atoms with van der Waals surface area (Å²) in [6, 6.07) is 6.69. The van der Waals surface area contributed by atoms with Crippen LogP contribution in [0.15, 0.2) is 22.7 Å². The third-order valence-electron chi connectivity index (χ3n) is 2.92. The normalized spacial score (nSPS) is 10.9. The Labute approximate surface area is 113 Å². The Hall–Kier alpha value is -0.540. The fraction of sp³-hybridized carbons (Fsp3) is 0.571. The summed E-state index contributed by atoms with van der Waals surface area (Å²) in [5.74, 6) is 0.942. The molecule has 0 aliphatic rings. The molecule has 96 valence electrons. The highest BCUT2D eigenvalue weighted by atomic mass is 79.9. The molecule has 0 aliphatic heterocycles. The maximum absolute atomic E-state index is 5.70. The van der Waals surface area contributed by atoms with E-state index in [1.54, 1.807) is 0 Å². The molecular weight excluding hydrogens is 278 g/mol. The molecule has 17 heavy (non-hydrogen) atoms. The SMILES string of the molecule is CCC(CC)NCCOc1ccc(Br)c(C)c1. The second kappa shape index (κ2) is 7.72. The zero-order chi connectivity index (χ0) is 12.7. The van der Waals surface area contributed by atoms with Crippen LogP contribution in [0.2, 0.25) is 0 Å². The smallest absolute Gasteiger partial charge is 0.119 e. The molecule has 1 rings (SSSR count). The van der Waals surface area contributed by atoms with Gasteiger partial charge in [-0.3, -0.25) is 0 Å². The Morgan fingerprint density at radius 3 is 2.59 bits per heavy atom. The fourth-order valence-corrected chi connectivity index (χ4v) is 1.96. The quantitative estimate of drug-likeness (QED) is 0.771. The Morgan fingerprint density at radius 1 is 1.29 bits per heavy atom. The average Bonchev–Trinajstić information content (AvgIpc) is 2.34. The van der Waals surface area contributed by atoms with Crippen molar-refractivity contribution >= 4 is 15.9 Å². The van der Waals surface area contributed by atoms with Crippen molar-refractivity contribution in [3.05, 3.63) is 28.2 Å². The molecule has 0 unspecified atom stereocenters. The van der Waals surface area contributed by atoms with E-state index in [2.05, 4.69) is 48.1 Å². The summed E-state index contributed by atoms with van der Waals surface area (Å²) < 4.78 is 6.82. The molecule has 0 atom stereocenters. The predicted molar refractivity (Wildman–Crippen MR) is 76.7 cm³/mol. The molecule has 2 nitrogen and oxygen atoms in total. The molecular formula is C14H22BrNO. The van der Waals surface area contributed by atoms with E-state index in [0.29, 0.717) is 6.04 Å². The van der Waals surface area contributed by atoms with Crippen LogP contribution in [0, 0.1) is 6.92 Å². The fourth-order valence-electron chi connectivity index (χ4n) is 1.72. The minimum Gasteiger partial charge on any atom is -0.492 e. The highest BCUT2D eigenvalue weighted by Crippen LogP contribution is 2.21. The molecule has 1 N–H and O–H groups in total. The number of rotatable bonds is 7. The molecule has 0 radical (unpaired) electrons. The van der Waals surface area contributed by atoms with Crippen LogP contribution in [0.1, 0.15) is 32.3 Å². The van der Waals surface area contributed by atoms with Crippen LogP contribution in [0.5, 0.6) is 5.75 Å². The molecule has 0 aromatic heterocycles.